The maximum absolute atomic E-state index is 13.3. The van der Waals surface area contributed by atoms with Crippen LogP contribution in [-0.2, 0) is 9.59 Å². The van der Waals surface area contributed by atoms with Gasteiger partial charge in [0.05, 0.1) is 22.2 Å². The van der Waals surface area contributed by atoms with Crippen LogP contribution in [0.4, 0.5) is 10.5 Å². The molecule has 3 heterocycles. The van der Waals surface area contributed by atoms with E-state index in [2.05, 4.69) is 10.6 Å². The molecule has 2 fully saturated rings. The van der Waals surface area contributed by atoms with Gasteiger partial charge in [0, 0.05) is 10.8 Å². The molecule has 2 unspecified atom stereocenters. The fourth-order valence-electron chi connectivity index (χ4n) is 5.91. The molecule has 1 saturated carbocycles. The SMILES string of the molecule is Cc1nc2ccccc2c2c(NC(=O)CN3C(=O)NC4(CCCCC4C)C3=O)c3ccccc3n12. The van der Waals surface area contributed by atoms with Crippen LogP contribution < -0.4 is 10.6 Å². The van der Waals surface area contributed by atoms with Gasteiger partial charge in [-0.25, -0.2) is 9.78 Å². The second-order valence-corrected chi connectivity index (χ2v) is 9.74. The van der Waals surface area contributed by atoms with Crippen molar-refractivity contribution in [2.24, 2.45) is 5.92 Å². The zero-order chi connectivity index (χ0) is 24.3. The summed E-state index contributed by atoms with van der Waals surface area (Å²) in [6.07, 6.45) is 3.43. The molecule has 8 nitrogen and oxygen atoms in total. The molecule has 35 heavy (non-hydrogen) atoms. The minimum atomic E-state index is -0.885. The molecule has 2 N–H and O–H groups in total. The number of hydrogen-bond acceptors (Lipinski definition) is 4. The van der Waals surface area contributed by atoms with Crippen LogP contribution in [0.5, 0.6) is 0 Å². The molecule has 1 saturated heterocycles. The van der Waals surface area contributed by atoms with Gasteiger partial charge in [-0.3, -0.25) is 18.9 Å². The number of aromatic nitrogens is 2. The normalized spacial score (nSPS) is 22.5. The maximum atomic E-state index is 13.3. The van der Waals surface area contributed by atoms with Crippen LogP contribution in [0.3, 0.4) is 0 Å². The number of aryl methyl sites for hydroxylation is 1. The Morgan fingerprint density at radius 2 is 1.86 bits per heavy atom. The van der Waals surface area contributed by atoms with Crippen molar-refractivity contribution in [2.75, 3.05) is 11.9 Å². The van der Waals surface area contributed by atoms with E-state index in [-0.39, 0.29) is 18.4 Å². The van der Waals surface area contributed by atoms with Crippen LogP contribution in [0.25, 0.3) is 27.3 Å². The van der Waals surface area contributed by atoms with E-state index in [1.165, 1.54) is 0 Å². The van der Waals surface area contributed by atoms with Gasteiger partial charge in [0.15, 0.2) is 0 Å². The molecule has 0 radical (unpaired) electrons. The lowest BCUT2D eigenvalue weighted by Crippen LogP contribution is -2.54. The first-order valence-corrected chi connectivity index (χ1v) is 12.1. The summed E-state index contributed by atoms with van der Waals surface area (Å²) in [5.41, 5.74) is 2.37. The topological polar surface area (TPSA) is 95.8 Å². The largest absolute Gasteiger partial charge is 0.325 e. The first kappa shape index (κ1) is 21.6. The number of urea groups is 1. The van der Waals surface area contributed by atoms with Gasteiger partial charge in [-0.05, 0) is 37.8 Å². The van der Waals surface area contributed by atoms with Crippen LogP contribution in [0, 0.1) is 12.8 Å². The fraction of sp³-hybridized carbons (Fsp3) is 0.333. The van der Waals surface area contributed by atoms with Crippen LogP contribution in [0.15, 0.2) is 48.5 Å². The third kappa shape index (κ3) is 3.12. The molecule has 2 aromatic carbocycles. The highest BCUT2D eigenvalue weighted by molar-refractivity contribution is 6.17. The zero-order valence-electron chi connectivity index (χ0n) is 19.8. The first-order valence-electron chi connectivity index (χ1n) is 12.1. The number of fused-ring (bicyclic) bond motifs is 5. The molecule has 178 valence electrons. The van der Waals surface area contributed by atoms with Gasteiger partial charge in [-0.15, -0.1) is 0 Å². The Labute approximate surface area is 202 Å². The summed E-state index contributed by atoms with van der Waals surface area (Å²) in [7, 11) is 0. The lowest BCUT2D eigenvalue weighted by atomic mass is 9.73. The smallest absolute Gasteiger partial charge is 0.323 e. The van der Waals surface area contributed by atoms with Gasteiger partial charge < -0.3 is 10.6 Å². The highest BCUT2D eigenvalue weighted by Crippen LogP contribution is 2.39. The number of nitrogens with zero attached hydrogens (tertiary/aromatic N) is 3. The number of amides is 4. The average molecular weight is 470 g/mol. The number of para-hydroxylation sites is 2. The zero-order valence-corrected chi connectivity index (χ0v) is 19.8. The van der Waals surface area contributed by atoms with Gasteiger partial charge in [-0.1, -0.05) is 56.2 Å². The van der Waals surface area contributed by atoms with E-state index >= 15 is 0 Å². The Hall–Kier alpha value is -3.94. The van der Waals surface area contributed by atoms with E-state index in [0.717, 1.165) is 57.3 Å². The summed E-state index contributed by atoms with van der Waals surface area (Å²) in [5, 5.41) is 7.74. The second kappa shape index (κ2) is 7.80. The van der Waals surface area contributed by atoms with E-state index in [1.807, 2.05) is 66.8 Å². The predicted molar refractivity (Wildman–Crippen MR) is 134 cm³/mol. The molecular weight excluding hydrogens is 442 g/mol. The number of imide groups is 1. The fourth-order valence-corrected chi connectivity index (χ4v) is 5.91. The molecule has 4 aromatic rings. The number of carbonyl (C=O) groups excluding carboxylic acids is 3. The van der Waals surface area contributed by atoms with Crippen molar-refractivity contribution in [2.45, 2.75) is 45.1 Å². The second-order valence-electron chi connectivity index (χ2n) is 9.74. The van der Waals surface area contributed by atoms with Crippen LogP contribution >= 0.6 is 0 Å². The standard InChI is InChI=1S/C27H27N5O3/c1-16-9-7-8-14-27(16)25(34)31(26(35)30-27)15-22(33)29-23-19-11-4-6-13-21(19)32-17(2)28-20-12-5-3-10-18(20)24(23)32/h3-6,10-13,16H,7-9,14-15H2,1-2H3,(H,29,33)(H,30,35). The van der Waals surface area contributed by atoms with Crippen LogP contribution in [0.2, 0.25) is 0 Å². The molecule has 4 amide bonds. The number of nitrogens with one attached hydrogen (secondary N) is 2. The Morgan fingerprint density at radius 1 is 1.11 bits per heavy atom. The molecule has 6 rings (SSSR count). The number of rotatable bonds is 3. The van der Waals surface area contributed by atoms with E-state index in [4.69, 9.17) is 4.98 Å². The van der Waals surface area contributed by atoms with Crippen molar-refractivity contribution in [3.8, 4) is 0 Å². The minimum Gasteiger partial charge on any atom is -0.323 e. The lowest BCUT2D eigenvalue weighted by Gasteiger charge is -2.36. The summed E-state index contributed by atoms with van der Waals surface area (Å²) in [5.74, 6) is 0.146. The molecule has 1 aliphatic heterocycles. The maximum Gasteiger partial charge on any atom is 0.325 e. The third-order valence-corrected chi connectivity index (χ3v) is 7.71. The predicted octanol–water partition coefficient (Wildman–Crippen LogP) is 4.39. The van der Waals surface area contributed by atoms with Gasteiger partial charge in [-0.2, -0.15) is 0 Å². The van der Waals surface area contributed by atoms with E-state index in [0.29, 0.717) is 12.1 Å². The van der Waals surface area contributed by atoms with E-state index in [9.17, 15) is 14.4 Å². The van der Waals surface area contributed by atoms with Crippen molar-refractivity contribution in [3.05, 3.63) is 54.4 Å². The van der Waals surface area contributed by atoms with Crippen LogP contribution in [-0.4, -0.2) is 44.2 Å². The summed E-state index contributed by atoms with van der Waals surface area (Å²) >= 11 is 0. The molecule has 8 heteroatoms. The quantitative estimate of drug-likeness (QED) is 0.435. The highest BCUT2D eigenvalue weighted by atomic mass is 16.2. The third-order valence-electron chi connectivity index (χ3n) is 7.71. The highest BCUT2D eigenvalue weighted by Gasteiger charge is 2.55. The Balaban J connectivity index is 1.39. The Bertz CT molecular complexity index is 1540. The van der Waals surface area contributed by atoms with Crippen molar-refractivity contribution < 1.29 is 14.4 Å². The molecular formula is C27H27N5O3. The number of carbonyl (C=O) groups is 3. The van der Waals surface area contributed by atoms with Crippen molar-refractivity contribution in [3.63, 3.8) is 0 Å². The average Bonchev–Trinajstić information content (AvgIpc) is 3.30. The van der Waals surface area contributed by atoms with Gasteiger partial charge >= 0.3 is 6.03 Å². The van der Waals surface area contributed by atoms with Gasteiger partial charge in [0.25, 0.3) is 5.91 Å². The van der Waals surface area contributed by atoms with E-state index in [1.54, 1.807) is 0 Å². The van der Waals surface area contributed by atoms with Gasteiger partial charge in [0.1, 0.15) is 17.9 Å². The van der Waals surface area contributed by atoms with Crippen molar-refractivity contribution in [1.82, 2.24) is 19.6 Å². The minimum absolute atomic E-state index is 0.0435. The molecule has 2 aromatic heterocycles. The lowest BCUT2D eigenvalue weighted by molar-refractivity contribution is -0.136. The van der Waals surface area contributed by atoms with Crippen molar-refractivity contribution >= 4 is 50.9 Å². The number of hydrogen-bond donors (Lipinski definition) is 2. The Morgan fingerprint density at radius 3 is 2.66 bits per heavy atom. The molecule has 0 bridgehead atoms. The monoisotopic (exact) mass is 469 g/mol. The van der Waals surface area contributed by atoms with Gasteiger partial charge in [0.2, 0.25) is 5.91 Å². The molecule has 2 atom stereocenters. The van der Waals surface area contributed by atoms with Crippen LogP contribution in [0.1, 0.15) is 38.4 Å². The number of anilines is 1. The molecule has 2 aliphatic rings. The van der Waals surface area contributed by atoms with E-state index < -0.39 is 17.5 Å². The van der Waals surface area contributed by atoms with Crippen molar-refractivity contribution in [1.29, 1.82) is 0 Å². The molecule has 1 aliphatic carbocycles. The summed E-state index contributed by atoms with van der Waals surface area (Å²) < 4.78 is 2.04. The summed E-state index contributed by atoms with van der Waals surface area (Å²) in [6, 6.07) is 15.1. The molecule has 1 spiro atoms. The number of benzene rings is 2. The first-order chi connectivity index (χ1) is 16.9. The summed E-state index contributed by atoms with van der Waals surface area (Å²) in [6.45, 7) is 3.62. The summed E-state index contributed by atoms with van der Waals surface area (Å²) in [4.78, 5) is 45.3. The Kier molecular flexibility index (Phi) is 4.81.